The summed E-state index contributed by atoms with van der Waals surface area (Å²) in [4.78, 5) is 49.8. The summed E-state index contributed by atoms with van der Waals surface area (Å²) in [5.41, 5.74) is 0.177. The summed E-state index contributed by atoms with van der Waals surface area (Å²) in [5, 5.41) is 10.9. The van der Waals surface area contributed by atoms with Crippen LogP contribution < -0.4 is 4.90 Å². The SMILES string of the molecule is C=CCN(Cc1ccccc1)C(=O)C1N([C@H](CO)c2ccccc2)C(=O)[C@@H]2[C@H](C(=O)N(CC=C)c3ccccc3)[C@]3(CC)CCC12O3. The number of amides is 3. The monoisotopic (exact) mass is 633 g/mol. The Morgan fingerprint density at radius 2 is 1.55 bits per heavy atom. The molecule has 2 unspecified atom stereocenters. The Morgan fingerprint density at radius 3 is 2.15 bits per heavy atom. The largest absolute Gasteiger partial charge is 0.394 e. The van der Waals surface area contributed by atoms with Gasteiger partial charge in [0, 0.05) is 25.3 Å². The van der Waals surface area contributed by atoms with Crippen molar-refractivity contribution in [2.45, 2.75) is 56.0 Å². The summed E-state index contributed by atoms with van der Waals surface area (Å²) in [5.74, 6) is -2.59. The molecule has 0 saturated carbocycles. The van der Waals surface area contributed by atoms with Crippen LogP contribution in [0.1, 0.15) is 43.4 Å². The lowest BCUT2D eigenvalue weighted by molar-refractivity contribution is -0.156. The van der Waals surface area contributed by atoms with E-state index in [9.17, 15) is 9.90 Å². The molecule has 0 aliphatic carbocycles. The summed E-state index contributed by atoms with van der Waals surface area (Å²) >= 11 is 0. The zero-order chi connectivity index (χ0) is 33.2. The minimum absolute atomic E-state index is 0.224. The normalized spacial score (nSPS) is 26.5. The third kappa shape index (κ3) is 5.39. The van der Waals surface area contributed by atoms with Gasteiger partial charge in [-0.15, -0.1) is 13.2 Å². The molecule has 6 atom stereocenters. The number of hydrogen-bond donors (Lipinski definition) is 1. The molecule has 0 aromatic heterocycles. The number of fused-ring (bicyclic) bond motifs is 1. The van der Waals surface area contributed by atoms with Gasteiger partial charge in [0.2, 0.25) is 17.7 Å². The predicted octanol–water partition coefficient (Wildman–Crippen LogP) is 5.31. The smallest absolute Gasteiger partial charge is 0.249 e. The van der Waals surface area contributed by atoms with Crippen LogP contribution in [0.25, 0.3) is 0 Å². The zero-order valence-electron chi connectivity index (χ0n) is 26.9. The maximum Gasteiger partial charge on any atom is 0.249 e. The van der Waals surface area contributed by atoms with Crippen LogP contribution in [-0.2, 0) is 25.7 Å². The van der Waals surface area contributed by atoms with Crippen molar-refractivity contribution in [3.8, 4) is 0 Å². The van der Waals surface area contributed by atoms with E-state index in [1.54, 1.807) is 22.0 Å². The van der Waals surface area contributed by atoms with Gasteiger partial charge in [0.15, 0.2) is 0 Å². The van der Waals surface area contributed by atoms with Gasteiger partial charge >= 0.3 is 0 Å². The molecule has 3 aromatic rings. The van der Waals surface area contributed by atoms with Crippen LogP contribution in [0.2, 0.25) is 0 Å². The molecule has 3 saturated heterocycles. The van der Waals surface area contributed by atoms with Gasteiger partial charge in [-0.25, -0.2) is 0 Å². The Labute approximate surface area is 276 Å². The second kappa shape index (κ2) is 13.3. The van der Waals surface area contributed by atoms with Crippen molar-refractivity contribution in [3.63, 3.8) is 0 Å². The average Bonchev–Trinajstić information content (AvgIpc) is 3.72. The highest BCUT2D eigenvalue weighted by Crippen LogP contribution is 2.65. The number of carbonyl (C=O) groups excluding carboxylic acids is 3. The molecule has 47 heavy (non-hydrogen) atoms. The van der Waals surface area contributed by atoms with Crippen molar-refractivity contribution in [2.75, 3.05) is 24.6 Å². The number of hydrogen-bond acceptors (Lipinski definition) is 5. The fraction of sp³-hybridized carbons (Fsp3) is 0.359. The second-order valence-corrected chi connectivity index (χ2v) is 12.8. The molecule has 1 N–H and O–H groups in total. The van der Waals surface area contributed by atoms with Gasteiger partial charge in [-0.3, -0.25) is 14.4 Å². The van der Waals surface area contributed by atoms with Crippen LogP contribution in [0.15, 0.2) is 116 Å². The molecule has 2 bridgehead atoms. The van der Waals surface area contributed by atoms with Crippen molar-refractivity contribution in [1.82, 2.24) is 9.80 Å². The molecule has 3 aliphatic heterocycles. The first-order chi connectivity index (χ1) is 22.9. The number of para-hydroxylation sites is 1. The Hall–Kier alpha value is -4.53. The fourth-order valence-corrected chi connectivity index (χ4v) is 8.27. The first-order valence-electron chi connectivity index (χ1n) is 16.4. The van der Waals surface area contributed by atoms with Gasteiger partial charge < -0.3 is 24.5 Å². The Kier molecular flexibility index (Phi) is 9.17. The number of nitrogens with zero attached hydrogens (tertiary/aromatic N) is 3. The van der Waals surface area contributed by atoms with Gasteiger partial charge in [0.05, 0.1) is 30.1 Å². The predicted molar refractivity (Wildman–Crippen MR) is 181 cm³/mol. The third-order valence-corrected chi connectivity index (χ3v) is 10.3. The van der Waals surface area contributed by atoms with E-state index in [2.05, 4.69) is 13.2 Å². The van der Waals surface area contributed by atoms with E-state index in [1.807, 2.05) is 97.9 Å². The lowest BCUT2D eigenvalue weighted by Gasteiger charge is -2.39. The molecule has 8 nitrogen and oxygen atoms in total. The summed E-state index contributed by atoms with van der Waals surface area (Å²) in [6.07, 6.45) is 4.84. The number of aliphatic hydroxyl groups excluding tert-OH is 1. The molecule has 3 aliphatic rings. The van der Waals surface area contributed by atoms with Crippen LogP contribution in [0.4, 0.5) is 5.69 Å². The highest BCUT2D eigenvalue weighted by molar-refractivity contribution is 6.03. The Balaban J connectivity index is 1.49. The average molecular weight is 634 g/mol. The van der Waals surface area contributed by atoms with Crippen LogP contribution in [-0.4, -0.2) is 69.6 Å². The van der Waals surface area contributed by atoms with Crippen LogP contribution in [0.5, 0.6) is 0 Å². The van der Waals surface area contributed by atoms with Crippen molar-refractivity contribution >= 4 is 23.4 Å². The van der Waals surface area contributed by atoms with Crippen molar-refractivity contribution in [1.29, 1.82) is 0 Å². The van der Waals surface area contributed by atoms with E-state index in [0.717, 1.165) is 5.56 Å². The number of ether oxygens (including phenoxy) is 1. The molecule has 3 heterocycles. The lowest BCUT2D eigenvalue weighted by atomic mass is 9.64. The minimum atomic E-state index is -1.25. The van der Waals surface area contributed by atoms with E-state index >= 15 is 9.59 Å². The number of benzene rings is 3. The topological polar surface area (TPSA) is 90.4 Å². The number of aliphatic hydroxyl groups is 1. The van der Waals surface area contributed by atoms with E-state index in [1.165, 1.54) is 4.90 Å². The molecule has 3 fully saturated rings. The van der Waals surface area contributed by atoms with Crippen LogP contribution in [0, 0.1) is 11.8 Å². The van der Waals surface area contributed by atoms with Crippen molar-refractivity contribution in [2.24, 2.45) is 11.8 Å². The number of likely N-dealkylation sites (tertiary alicyclic amines) is 1. The lowest BCUT2D eigenvalue weighted by Crippen LogP contribution is -2.57. The molecule has 3 aromatic carbocycles. The molecule has 244 valence electrons. The maximum absolute atomic E-state index is 15.0. The molecule has 8 heteroatoms. The molecular weight excluding hydrogens is 590 g/mol. The quantitative estimate of drug-likeness (QED) is 0.258. The van der Waals surface area contributed by atoms with E-state index in [0.29, 0.717) is 37.1 Å². The first-order valence-corrected chi connectivity index (χ1v) is 16.4. The second-order valence-electron chi connectivity index (χ2n) is 12.8. The molecule has 1 spiro atoms. The standard InChI is InChI=1S/C39H43N3O5/c1-4-24-40(26-28-16-10-7-11-17-28)37(46)34-39-23-22-38(6-3,47-39)32(35(44)41(25-5-2)30-20-14-9-15-21-30)33(39)36(45)42(34)31(27-43)29-18-12-8-13-19-29/h4-5,7-21,31-34,43H,1-2,6,22-27H2,3H3/t31-,32-,33+,34?,38+,39?/m1/s1. The molecule has 0 radical (unpaired) electrons. The van der Waals surface area contributed by atoms with Gasteiger partial charge in [0.25, 0.3) is 0 Å². The van der Waals surface area contributed by atoms with Gasteiger partial charge in [-0.05, 0) is 42.5 Å². The highest BCUT2D eigenvalue weighted by Gasteiger charge is 2.79. The van der Waals surface area contributed by atoms with Gasteiger partial charge in [0.1, 0.15) is 11.6 Å². The van der Waals surface area contributed by atoms with Crippen molar-refractivity contribution < 1.29 is 24.2 Å². The fourth-order valence-electron chi connectivity index (χ4n) is 8.27. The Morgan fingerprint density at radius 1 is 0.936 bits per heavy atom. The number of rotatable bonds is 13. The summed E-state index contributed by atoms with van der Waals surface area (Å²) in [6, 6.07) is 26.5. The third-order valence-electron chi connectivity index (χ3n) is 10.3. The first kappa shape index (κ1) is 32.4. The number of carbonyl (C=O) groups is 3. The molecule has 3 amide bonds. The van der Waals surface area contributed by atoms with Crippen LogP contribution >= 0.6 is 0 Å². The van der Waals surface area contributed by atoms with E-state index in [4.69, 9.17) is 4.74 Å². The van der Waals surface area contributed by atoms with Gasteiger partial charge in [-0.1, -0.05) is 97.9 Å². The molecular formula is C39H43N3O5. The van der Waals surface area contributed by atoms with Crippen LogP contribution in [0.3, 0.4) is 0 Å². The van der Waals surface area contributed by atoms with E-state index < -0.39 is 41.7 Å². The maximum atomic E-state index is 15.0. The van der Waals surface area contributed by atoms with Crippen molar-refractivity contribution in [3.05, 3.63) is 127 Å². The highest BCUT2D eigenvalue weighted by atomic mass is 16.5. The molecule has 6 rings (SSSR count). The minimum Gasteiger partial charge on any atom is -0.394 e. The summed E-state index contributed by atoms with van der Waals surface area (Å²) < 4.78 is 7.07. The summed E-state index contributed by atoms with van der Waals surface area (Å²) in [6.45, 7) is 10.2. The van der Waals surface area contributed by atoms with E-state index in [-0.39, 0.29) is 30.8 Å². The Bertz CT molecular complexity index is 1620. The zero-order valence-corrected chi connectivity index (χ0v) is 26.9. The van der Waals surface area contributed by atoms with Gasteiger partial charge in [-0.2, -0.15) is 0 Å². The summed E-state index contributed by atoms with van der Waals surface area (Å²) in [7, 11) is 0. The number of anilines is 1.